The summed E-state index contributed by atoms with van der Waals surface area (Å²) in [5, 5.41) is 9.61. The molecule has 4 nitrogen and oxygen atoms in total. The molecule has 0 spiro atoms. The third kappa shape index (κ3) is 3.66. The number of benzene rings is 2. The van der Waals surface area contributed by atoms with Gasteiger partial charge in [0.15, 0.2) is 0 Å². The van der Waals surface area contributed by atoms with Crippen LogP contribution < -0.4 is 5.32 Å². The number of hydrogen-bond acceptors (Lipinski definition) is 2. The SMILES string of the molecule is O=C(NCc1ccc(F)c(Cl)c1)c1cn[nH]c1-c1cccc(Br)c1. The molecule has 2 N–H and O–H groups in total. The first-order valence-electron chi connectivity index (χ1n) is 7.06. The molecule has 3 rings (SSSR count). The van der Waals surface area contributed by atoms with E-state index in [0.717, 1.165) is 10.0 Å². The summed E-state index contributed by atoms with van der Waals surface area (Å²) >= 11 is 9.15. The fourth-order valence-corrected chi connectivity index (χ4v) is 2.85. The molecular weight excluding hydrogens is 397 g/mol. The zero-order valence-electron chi connectivity index (χ0n) is 12.3. The van der Waals surface area contributed by atoms with Gasteiger partial charge in [0.25, 0.3) is 5.91 Å². The molecule has 0 radical (unpaired) electrons. The summed E-state index contributed by atoms with van der Waals surface area (Å²) in [5.41, 5.74) is 2.62. The Balaban J connectivity index is 1.76. The van der Waals surface area contributed by atoms with Crippen molar-refractivity contribution in [2.75, 3.05) is 0 Å². The van der Waals surface area contributed by atoms with Crippen molar-refractivity contribution in [2.24, 2.45) is 0 Å². The van der Waals surface area contributed by atoms with Crippen LogP contribution in [0, 0.1) is 5.82 Å². The lowest BCUT2D eigenvalue weighted by atomic mass is 10.1. The standard InChI is InChI=1S/C17H12BrClFN3O/c18-12-3-1-2-11(7-12)16-13(9-22-23-16)17(24)21-8-10-4-5-15(20)14(19)6-10/h1-7,9H,8H2,(H,21,24)(H,22,23). The molecule has 0 aliphatic carbocycles. The third-order valence-electron chi connectivity index (χ3n) is 3.43. The molecule has 3 aromatic rings. The summed E-state index contributed by atoms with van der Waals surface area (Å²) in [4.78, 5) is 12.4. The van der Waals surface area contributed by atoms with Crippen LogP contribution in [-0.4, -0.2) is 16.1 Å². The summed E-state index contributed by atoms with van der Waals surface area (Å²) in [6.45, 7) is 0.238. The van der Waals surface area contributed by atoms with E-state index in [1.54, 1.807) is 6.07 Å². The van der Waals surface area contributed by atoms with Gasteiger partial charge in [-0.1, -0.05) is 45.7 Å². The van der Waals surface area contributed by atoms with Crippen LogP contribution in [0.15, 0.2) is 53.1 Å². The van der Waals surface area contributed by atoms with Crippen molar-refractivity contribution in [2.45, 2.75) is 6.54 Å². The van der Waals surface area contributed by atoms with Gasteiger partial charge in [-0.25, -0.2) is 4.39 Å². The third-order valence-corrected chi connectivity index (χ3v) is 4.22. The molecule has 0 aliphatic heterocycles. The molecule has 0 saturated carbocycles. The number of aromatic amines is 1. The molecule has 0 bridgehead atoms. The fourth-order valence-electron chi connectivity index (χ4n) is 2.25. The second kappa shape index (κ2) is 7.15. The molecule has 0 saturated heterocycles. The quantitative estimate of drug-likeness (QED) is 0.665. The molecular formula is C17H12BrClFN3O. The number of rotatable bonds is 4. The van der Waals surface area contributed by atoms with Crippen molar-refractivity contribution < 1.29 is 9.18 Å². The monoisotopic (exact) mass is 407 g/mol. The van der Waals surface area contributed by atoms with Gasteiger partial charge < -0.3 is 5.32 Å². The Morgan fingerprint density at radius 2 is 2.12 bits per heavy atom. The van der Waals surface area contributed by atoms with Gasteiger partial charge in [-0.3, -0.25) is 9.89 Å². The van der Waals surface area contributed by atoms with Crippen molar-refractivity contribution in [3.8, 4) is 11.3 Å². The Morgan fingerprint density at radius 1 is 1.29 bits per heavy atom. The second-order valence-electron chi connectivity index (χ2n) is 5.10. The molecule has 1 aromatic heterocycles. The maximum absolute atomic E-state index is 13.2. The highest BCUT2D eigenvalue weighted by molar-refractivity contribution is 9.10. The summed E-state index contributed by atoms with van der Waals surface area (Å²) < 4.78 is 14.1. The Kier molecular flexibility index (Phi) is 4.97. The van der Waals surface area contributed by atoms with Gasteiger partial charge in [0, 0.05) is 16.6 Å². The molecule has 7 heteroatoms. The fraction of sp³-hybridized carbons (Fsp3) is 0.0588. The van der Waals surface area contributed by atoms with Gasteiger partial charge in [0.1, 0.15) is 5.82 Å². The number of amides is 1. The first-order chi connectivity index (χ1) is 11.5. The normalized spacial score (nSPS) is 10.6. The van der Waals surface area contributed by atoms with Crippen molar-refractivity contribution in [1.82, 2.24) is 15.5 Å². The van der Waals surface area contributed by atoms with Crippen LogP contribution in [0.3, 0.4) is 0 Å². The number of halogens is 3. The van der Waals surface area contributed by atoms with Crippen LogP contribution in [0.25, 0.3) is 11.3 Å². The average Bonchev–Trinajstić information content (AvgIpc) is 3.05. The number of aromatic nitrogens is 2. The topological polar surface area (TPSA) is 57.8 Å². The predicted octanol–water partition coefficient (Wildman–Crippen LogP) is 4.56. The van der Waals surface area contributed by atoms with Crippen LogP contribution >= 0.6 is 27.5 Å². The molecule has 0 aliphatic rings. The van der Waals surface area contributed by atoms with Crippen molar-refractivity contribution in [3.05, 3.63) is 75.1 Å². The first-order valence-corrected chi connectivity index (χ1v) is 8.23. The van der Waals surface area contributed by atoms with Crippen LogP contribution in [-0.2, 0) is 6.54 Å². The average molecular weight is 409 g/mol. The molecule has 0 atom stereocenters. The molecule has 24 heavy (non-hydrogen) atoms. The summed E-state index contributed by atoms with van der Waals surface area (Å²) in [7, 11) is 0. The minimum atomic E-state index is -0.487. The molecule has 2 aromatic carbocycles. The smallest absolute Gasteiger partial charge is 0.255 e. The van der Waals surface area contributed by atoms with E-state index < -0.39 is 5.82 Å². The van der Waals surface area contributed by atoms with E-state index in [4.69, 9.17) is 11.6 Å². The number of nitrogens with zero attached hydrogens (tertiary/aromatic N) is 1. The lowest BCUT2D eigenvalue weighted by molar-refractivity contribution is 0.0951. The van der Waals surface area contributed by atoms with E-state index in [-0.39, 0.29) is 17.5 Å². The van der Waals surface area contributed by atoms with E-state index in [1.807, 2.05) is 24.3 Å². The summed E-state index contributed by atoms with van der Waals surface area (Å²) in [6.07, 6.45) is 1.48. The zero-order valence-corrected chi connectivity index (χ0v) is 14.7. The summed E-state index contributed by atoms with van der Waals surface area (Å²) in [6, 6.07) is 11.9. The van der Waals surface area contributed by atoms with Crippen molar-refractivity contribution in [3.63, 3.8) is 0 Å². The Labute approximate surface area is 151 Å². The highest BCUT2D eigenvalue weighted by Crippen LogP contribution is 2.24. The number of H-pyrrole nitrogens is 1. The number of hydrogen-bond donors (Lipinski definition) is 2. The van der Waals surface area contributed by atoms with Crippen LogP contribution in [0.2, 0.25) is 5.02 Å². The molecule has 1 amide bonds. The van der Waals surface area contributed by atoms with Crippen LogP contribution in [0.1, 0.15) is 15.9 Å². The van der Waals surface area contributed by atoms with Gasteiger partial charge in [0.2, 0.25) is 0 Å². The van der Waals surface area contributed by atoms with Gasteiger partial charge in [-0.05, 0) is 29.8 Å². The maximum atomic E-state index is 13.2. The van der Waals surface area contributed by atoms with Gasteiger partial charge in [-0.15, -0.1) is 0 Å². The van der Waals surface area contributed by atoms with Crippen molar-refractivity contribution >= 4 is 33.4 Å². The van der Waals surface area contributed by atoms with E-state index in [2.05, 4.69) is 31.4 Å². The largest absolute Gasteiger partial charge is 0.348 e. The van der Waals surface area contributed by atoms with Gasteiger partial charge in [-0.2, -0.15) is 5.10 Å². The second-order valence-corrected chi connectivity index (χ2v) is 6.42. The number of carbonyl (C=O) groups excluding carboxylic acids is 1. The Morgan fingerprint density at radius 3 is 2.88 bits per heavy atom. The predicted molar refractivity (Wildman–Crippen MR) is 94.3 cm³/mol. The van der Waals surface area contributed by atoms with Gasteiger partial charge in [0.05, 0.1) is 22.5 Å². The highest BCUT2D eigenvalue weighted by atomic mass is 79.9. The minimum absolute atomic E-state index is 0.0277. The number of nitrogens with one attached hydrogen (secondary N) is 2. The zero-order chi connectivity index (χ0) is 17.1. The van der Waals surface area contributed by atoms with E-state index in [9.17, 15) is 9.18 Å². The van der Waals surface area contributed by atoms with Crippen molar-refractivity contribution in [1.29, 1.82) is 0 Å². The maximum Gasteiger partial charge on any atom is 0.255 e. The van der Waals surface area contributed by atoms with E-state index >= 15 is 0 Å². The van der Waals surface area contributed by atoms with Gasteiger partial charge >= 0.3 is 0 Å². The van der Waals surface area contributed by atoms with E-state index in [0.29, 0.717) is 16.8 Å². The minimum Gasteiger partial charge on any atom is -0.348 e. The highest BCUT2D eigenvalue weighted by Gasteiger charge is 2.15. The number of carbonyl (C=O) groups is 1. The Bertz CT molecular complexity index is 897. The first kappa shape index (κ1) is 16.7. The summed E-state index contributed by atoms with van der Waals surface area (Å²) in [5.74, 6) is -0.766. The molecule has 122 valence electrons. The van der Waals surface area contributed by atoms with Crippen LogP contribution in [0.4, 0.5) is 4.39 Å². The van der Waals surface area contributed by atoms with E-state index in [1.165, 1.54) is 18.3 Å². The lowest BCUT2D eigenvalue weighted by Crippen LogP contribution is -2.23. The molecule has 0 unspecified atom stereocenters. The lowest BCUT2D eigenvalue weighted by Gasteiger charge is -2.07. The van der Waals surface area contributed by atoms with Crippen LogP contribution in [0.5, 0.6) is 0 Å². The molecule has 0 fully saturated rings. The Hall–Kier alpha value is -2.18. The molecule has 1 heterocycles.